The quantitative estimate of drug-likeness (QED) is 0.663. The van der Waals surface area contributed by atoms with Gasteiger partial charge in [-0.05, 0) is 18.2 Å². The number of carbonyl (C=O) groups is 1. The van der Waals surface area contributed by atoms with Crippen molar-refractivity contribution >= 4 is 11.7 Å². The summed E-state index contributed by atoms with van der Waals surface area (Å²) in [6.45, 7) is -0.414. The third-order valence-electron chi connectivity index (χ3n) is 4.66. The summed E-state index contributed by atoms with van der Waals surface area (Å²) in [5.74, 6) is -0.333. The molecule has 9 heteroatoms. The van der Waals surface area contributed by atoms with E-state index in [4.69, 9.17) is 10.00 Å². The maximum absolute atomic E-state index is 12.6. The number of carbonyl (C=O) groups excluding carboxylic acids is 1. The molecule has 1 amide bonds. The van der Waals surface area contributed by atoms with Gasteiger partial charge < -0.3 is 20.3 Å². The van der Waals surface area contributed by atoms with E-state index in [0.29, 0.717) is 5.56 Å². The number of nitriles is 1. The first-order valence-corrected chi connectivity index (χ1v) is 8.79. The minimum atomic E-state index is -1.28. The number of aromatic nitrogens is 2. The maximum Gasteiger partial charge on any atom is 0.351 e. The van der Waals surface area contributed by atoms with Crippen LogP contribution in [0.1, 0.15) is 29.6 Å². The standard InChI is InChI=1S/C19H20N4O5/c20-9-4-8-19(11-14(25)15(12-24)28-19)23-10-7-16(22-18(23)27)21-17(26)13-5-2-1-3-6-13/h1-3,5-7,10,14-15,24-25H,4,8,11-12H2,(H,21,22,26,27)/t14-,15+,19+/m0/s1. The average Bonchev–Trinajstić information content (AvgIpc) is 3.03. The largest absolute Gasteiger partial charge is 0.394 e. The number of anilines is 1. The first-order valence-electron chi connectivity index (χ1n) is 8.79. The van der Waals surface area contributed by atoms with E-state index in [1.807, 2.05) is 6.07 Å². The SMILES string of the molecule is N#CCC[C@]1(n2ccc(NC(=O)c3ccccc3)nc2=O)C[C@H](O)[C@@H](CO)O1. The molecule has 9 nitrogen and oxygen atoms in total. The number of amides is 1. The van der Waals surface area contributed by atoms with Crippen molar-refractivity contribution in [3.05, 3.63) is 58.6 Å². The minimum absolute atomic E-state index is 0.0389. The number of hydrogen-bond donors (Lipinski definition) is 3. The Morgan fingerprint density at radius 3 is 2.75 bits per heavy atom. The van der Waals surface area contributed by atoms with Crippen molar-refractivity contribution in [1.29, 1.82) is 5.26 Å². The topological polar surface area (TPSA) is 137 Å². The fourth-order valence-corrected chi connectivity index (χ4v) is 3.27. The molecule has 1 fully saturated rings. The molecule has 0 unspecified atom stereocenters. The highest BCUT2D eigenvalue weighted by Gasteiger charge is 2.47. The molecule has 146 valence electrons. The first kappa shape index (κ1) is 19.7. The van der Waals surface area contributed by atoms with Crippen LogP contribution in [-0.4, -0.2) is 44.5 Å². The minimum Gasteiger partial charge on any atom is -0.394 e. The lowest BCUT2D eigenvalue weighted by atomic mass is 10.0. The van der Waals surface area contributed by atoms with Gasteiger partial charge in [-0.2, -0.15) is 10.2 Å². The van der Waals surface area contributed by atoms with Gasteiger partial charge in [0, 0.05) is 31.0 Å². The van der Waals surface area contributed by atoms with E-state index < -0.39 is 36.1 Å². The molecule has 3 N–H and O–H groups in total. The van der Waals surface area contributed by atoms with Crippen LogP contribution in [0.2, 0.25) is 0 Å². The zero-order chi connectivity index (χ0) is 20.1. The van der Waals surface area contributed by atoms with Crippen molar-refractivity contribution in [2.24, 2.45) is 0 Å². The van der Waals surface area contributed by atoms with Crippen LogP contribution < -0.4 is 11.0 Å². The van der Waals surface area contributed by atoms with Crippen molar-refractivity contribution in [1.82, 2.24) is 9.55 Å². The summed E-state index contributed by atoms with van der Waals surface area (Å²) in [6, 6.07) is 11.9. The normalized spacial score (nSPS) is 23.9. The van der Waals surface area contributed by atoms with Crippen LogP contribution >= 0.6 is 0 Å². The Balaban J connectivity index is 1.87. The van der Waals surface area contributed by atoms with Crippen LogP contribution in [0.3, 0.4) is 0 Å². The number of nitrogens with zero attached hydrogens (tertiary/aromatic N) is 3. The number of ether oxygens (including phenoxy) is 1. The van der Waals surface area contributed by atoms with Crippen LogP contribution in [0, 0.1) is 11.3 Å². The monoisotopic (exact) mass is 384 g/mol. The first-order chi connectivity index (χ1) is 13.5. The second-order valence-electron chi connectivity index (χ2n) is 6.50. The van der Waals surface area contributed by atoms with Gasteiger partial charge in [0.05, 0.1) is 18.8 Å². The molecule has 0 bridgehead atoms. The molecule has 1 aromatic heterocycles. The molecule has 0 radical (unpaired) electrons. The summed E-state index contributed by atoms with van der Waals surface area (Å²) in [7, 11) is 0. The van der Waals surface area contributed by atoms with Crippen LogP contribution in [0.5, 0.6) is 0 Å². The summed E-state index contributed by atoms with van der Waals surface area (Å²) >= 11 is 0. The van der Waals surface area contributed by atoms with Gasteiger partial charge in [-0.1, -0.05) is 18.2 Å². The molecular weight excluding hydrogens is 364 g/mol. The smallest absolute Gasteiger partial charge is 0.351 e. The van der Waals surface area contributed by atoms with Crippen LogP contribution in [0.4, 0.5) is 5.82 Å². The summed E-state index contributed by atoms with van der Waals surface area (Å²) in [5, 5.41) is 31.0. The Morgan fingerprint density at radius 2 is 2.14 bits per heavy atom. The molecule has 0 aliphatic carbocycles. The van der Waals surface area contributed by atoms with Crippen molar-refractivity contribution in [2.75, 3.05) is 11.9 Å². The highest BCUT2D eigenvalue weighted by molar-refractivity contribution is 6.03. The number of nitrogens with one attached hydrogen (secondary N) is 1. The molecule has 0 spiro atoms. The third-order valence-corrected chi connectivity index (χ3v) is 4.66. The zero-order valence-electron chi connectivity index (χ0n) is 15.0. The van der Waals surface area contributed by atoms with Crippen LogP contribution in [0.25, 0.3) is 0 Å². The van der Waals surface area contributed by atoms with Crippen molar-refractivity contribution < 1.29 is 19.7 Å². The van der Waals surface area contributed by atoms with E-state index >= 15 is 0 Å². The number of rotatable bonds is 6. The molecule has 1 aliphatic rings. The molecule has 0 saturated carbocycles. The molecule has 1 aliphatic heterocycles. The Bertz CT molecular complexity index is 939. The second-order valence-corrected chi connectivity index (χ2v) is 6.50. The summed E-state index contributed by atoms with van der Waals surface area (Å²) < 4.78 is 6.95. The van der Waals surface area contributed by atoms with Gasteiger partial charge in [0.25, 0.3) is 5.91 Å². The van der Waals surface area contributed by atoms with Crippen LogP contribution in [-0.2, 0) is 10.5 Å². The number of aliphatic hydroxyl groups is 2. The molecular formula is C19H20N4O5. The molecule has 3 rings (SSSR count). The van der Waals surface area contributed by atoms with Gasteiger partial charge in [0.15, 0.2) is 5.72 Å². The van der Waals surface area contributed by atoms with Crippen molar-refractivity contribution in [2.45, 2.75) is 37.2 Å². The van der Waals surface area contributed by atoms with Gasteiger partial charge in [-0.3, -0.25) is 9.36 Å². The summed E-state index contributed by atoms with van der Waals surface area (Å²) in [6.07, 6.45) is -0.161. The molecule has 3 atom stereocenters. The molecule has 28 heavy (non-hydrogen) atoms. The van der Waals surface area contributed by atoms with E-state index in [0.717, 1.165) is 0 Å². The average molecular weight is 384 g/mol. The highest BCUT2D eigenvalue weighted by atomic mass is 16.6. The van der Waals surface area contributed by atoms with E-state index in [1.165, 1.54) is 16.8 Å². The Morgan fingerprint density at radius 1 is 1.39 bits per heavy atom. The zero-order valence-corrected chi connectivity index (χ0v) is 15.0. The number of hydrogen-bond acceptors (Lipinski definition) is 7. The fraction of sp³-hybridized carbons (Fsp3) is 0.368. The number of benzene rings is 1. The lowest BCUT2D eigenvalue weighted by Crippen LogP contribution is -2.42. The van der Waals surface area contributed by atoms with Gasteiger partial charge in [0.2, 0.25) is 0 Å². The predicted molar refractivity (Wildman–Crippen MR) is 98.3 cm³/mol. The highest BCUT2D eigenvalue weighted by Crippen LogP contribution is 2.38. The predicted octanol–water partition coefficient (Wildman–Crippen LogP) is 0.594. The van der Waals surface area contributed by atoms with Gasteiger partial charge in [-0.25, -0.2) is 4.79 Å². The molecule has 2 aromatic rings. The van der Waals surface area contributed by atoms with Gasteiger partial charge in [0.1, 0.15) is 11.9 Å². The van der Waals surface area contributed by atoms with E-state index in [-0.39, 0.29) is 25.1 Å². The van der Waals surface area contributed by atoms with E-state index in [1.54, 1.807) is 30.3 Å². The van der Waals surface area contributed by atoms with E-state index in [2.05, 4.69) is 10.3 Å². The molecule has 1 saturated heterocycles. The Kier molecular flexibility index (Phi) is 5.84. The second kappa shape index (κ2) is 8.31. The number of aliphatic hydroxyl groups excluding tert-OH is 2. The van der Waals surface area contributed by atoms with E-state index in [9.17, 15) is 19.8 Å². The molecule has 1 aromatic carbocycles. The maximum atomic E-state index is 12.6. The van der Waals surface area contributed by atoms with Gasteiger partial charge in [-0.15, -0.1) is 0 Å². The molecule has 2 heterocycles. The lowest BCUT2D eigenvalue weighted by molar-refractivity contribution is -0.123. The summed E-state index contributed by atoms with van der Waals surface area (Å²) in [5.41, 5.74) is -1.56. The Labute approximate surface area is 160 Å². The Hall–Kier alpha value is -3.06. The van der Waals surface area contributed by atoms with Crippen LogP contribution in [0.15, 0.2) is 47.4 Å². The fourth-order valence-electron chi connectivity index (χ4n) is 3.27. The summed E-state index contributed by atoms with van der Waals surface area (Å²) in [4.78, 5) is 28.7. The van der Waals surface area contributed by atoms with Gasteiger partial charge >= 0.3 is 5.69 Å². The lowest BCUT2D eigenvalue weighted by Gasteiger charge is -2.30. The van der Waals surface area contributed by atoms with Crippen molar-refractivity contribution in [3.8, 4) is 6.07 Å². The van der Waals surface area contributed by atoms with Crippen molar-refractivity contribution in [3.63, 3.8) is 0 Å². The third kappa shape index (κ3) is 3.94.